The molecule has 0 spiro atoms. The second kappa shape index (κ2) is 6.84. The molecule has 1 aromatic rings. The zero-order chi connectivity index (χ0) is 15.8. The number of hydrogen-bond donors (Lipinski definition) is 1. The fourth-order valence-corrected chi connectivity index (χ4v) is 5.35. The average Bonchev–Trinajstić information content (AvgIpc) is 2.90. The minimum Gasteiger partial charge on any atom is -0.465 e. The summed E-state index contributed by atoms with van der Waals surface area (Å²) in [5.74, 6) is -0.628. The Morgan fingerprint density at radius 3 is 2.68 bits per heavy atom. The summed E-state index contributed by atoms with van der Waals surface area (Å²) in [7, 11) is -2.47. The van der Waals surface area contributed by atoms with Gasteiger partial charge in [-0.25, -0.2) is 13.2 Å². The molecule has 6 nitrogen and oxygen atoms in total. The summed E-state index contributed by atoms with van der Waals surface area (Å²) in [4.78, 5) is 11.8. The van der Waals surface area contributed by atoms with Crippen LogP contribution in [0.2, 0.25) is 0 Å². The number of hydrogen-bond acceptors (Lipinski definition) is 6. The molecular formula is C13H21ClN2O4S2. The first-order valence-electron chi connectivity index (χ1n) is 6.61. The average molecular weight is 369 g/mol. The summed E-state index contributed by atoms with van der Waals surface area (Å²) in [6, 6.07) is 1.42. The molecule has 9 heteroatoms. The number of esters is 1. The third-order valence-electron chi connectivity index (χ3n) is 3.89. The highest BCUT2D eigenvalue weighted by Gasteiger charge is 2.40. The summed E-state index contributed by atoms with van der Waals surface area (Å²) < 4.78 is 31.6. The van der Waals surface area contributed by atoms with Crippen LogP contribution < -0.4 is 5.73 Å². The van der Waals surface area contributed by atoms with Crippen LogP contribution in [0.5, 0.6) is 0 Å². The lowest BCUT2D eigenvalue weighted by Crippen LogP contribution is -2.53. The van der Waals surface area contributed by atoms with Gasteiger partial charge in [0.2, 0.25) is 10.0 Å². The minimum absolute atomic E-state index is 0. The van der Waals surface area contributed by atoms with E-state index in [2.05, 4.69) is 4.74 Å². The summed E-state index contributed by atoms with van der Waals surface area (Å²) in [5, 5.41) is 1.58. The van der Waals surface area contributed by atoms with E-state index in [1.54, 1.807) is 5.38 Å². The number of carbonyl (C=O) groups is 1. The first-order valence-corrected chi connectivity index (χ1v) is 8.93. The number of carbonyl (C=O) groups excluding carboxylic acids is 1. The predicted octanol–water partition coefficient (Wildman–Crippen LogP) is 1.70. The van der Waals surface area contributed by atoms with E-state index in [9.17, 15) is 13.2 Å². The van der Waals surface area contributed by atoms with Gasteiger partial charge in [-0.2, -0.15) is 4.31 Å². The quantitative estimate of drug-likeness (QED) is 0.820. The Morgan fingerprint density at radius 2 is 2.14 bits per heavy atom. The molecule has 1 saturated heterocycles. The van der Waals surface area contributed by atoms with Gasteiger partial charge in [-0.1, -0.05) is 13.8 Å². The highest BCUT2D eigenvalue weighted by atomic mass is 35.5. The van der Waals surface area contributed by atoms with Crippen molar-refractivity contribution >= 4 is 39.7 Å². The molecular weight excluding hydrogens is 348 g/mol. The summed E-state index contributed by atoms with van der Waals surface area (Å²) >= 11 is 1.07. The van der Waals surface area contributed by atoms with Crippen LogP contribution in [0.4, 0.5) is 0 Å². The molecule has 1 aliphatic heterocycles. The zero-order valence-corrected chi connectivity index (χ0v) is 15.2. The molecule has 0 aliphatic carbocycles. The maximum atomic E-state index is 12.8. The van der Waals surface area contributed by atoms with Gasteiger partial charge < -0.3 is 10.5 Å². The van der Waals surface area contributed by atoms with Crippen molar-refractivity contribution in [1.82, 2.24) is 4.31 Å². The lowest BCUT2D eigenvalue weighted by atomic mass is 9.81. The second-order valence-corrected chi connectivity index (χ2v) is 8.65. The standard InChI is InChI=1S/C13H20N2O4S2.ClH/c1-13(2)8-15(6-4-10(13)14)21(17,18)9-5-7-20-11(9)12(16)19-3;/h5,7,10H,4,6,8,14H2,1-3H3;1H. The Kier molecular flexibility index (Phi) is 6.02. The van der Waals surface area contributed by atoms with Crippen LogP contribution in [0.1, 0.15) is 29.9 Å². The predicted molar refractivity (Wildman–Crippen MR) is 88.0 cm³/mol. The Bertz CT molecular complexity index is 642. The van der Waals surface area contributed by atoms with Gasteiger partial charge in [-0.3, -0.25) is 0 Å². The van der Waals surface area contributed by atoms with Gasteiger partial charge >= 0.3 is 5.97 Å². The molecule has 1 fully saturated rings. The molecule has 1 aliphatic rings. The van der Waals surface area contributed by atoms with Crippen LogP contribution >= 0.6 is 23.7 Å². The van der Waals surface area contributed by atoms with E-state index in [0.29, 0.717) is 19.5 Å². The molecule has 1 aromatic heterocycles. The largest absolute Gasteiger partial charge is 0.465 e. The smallest absolute Gasteiger partial charge is 0.349 e. The molecule has 0 amide bonds. The molecule has 0 saturated carbocycles. The first kappa shape index (κ1) is 19.4. The lowest BCUT2D eigenvalue weighted by Gasteiger charge is -2.41. The molecule has 0 bridgehead atoms. The van der Waals surface area contributed by atoms with E-state index >= 15 is 0 Å². The van der Waals surface area contributed by atoms with E-state index in [4.69, 9.17) is 5.73 Å². The Morgan fingerprint density at radius 1 is 1.50 bits per heavy atom. The number of sulfonamides is 1. The van der Waals surface area contributed by atoms with Gasteiger partial charge in [0.15, 0.2) is 0 Å². The lowest BCUT2D eigenvalue weighted by molar-refractivity contribution is 0.0602. The van der Waals surface area contributed by atoms with Crippen molar-refractivity contribution in [1.29, 1.82) is 0 Å². The van der Waals surface area contributed by atoms with Crippen LogP contribution in [0.15, 0.2) is 16.3 Å². The van der Waals surface area contributed by atoms with Gasteiger partial charge in [-0.05, 0) is 23.3 Å². The highest BCUT2D eigenvalue weighted by Crippen LogP contribution is 2.33. The number of nitrogens with zero attached hydrogens (tertiary/aromatic N) is 1. The molecule has 0 aromatic carbocycles. The normalized spacial score (nSPS) is 21.9. The van der Waals surface area contributed by atoms with Crippen molar-refractivity contribution in [3.05, 3.63) is 16.3 Å². The van der Waals surface area contributed by atoms with Gasteiger partial charge in [0.1, 0.15) is 9.77 Å². The molecule has 1 atom stereocenters. The van der Waals surface area contributed by atoms with Crippen LogP contribution in [0.25, 0.3) is 0 Å². The molecule has 2 rings (SSSR count). The SMILES string of the molecule is COC(=O)c1sccc1S(=O)(=O)N1CCC(N)C(C)(C)C1.Cl. The van der Waals surface area contributed by atoms with Gasteiger partial charge in [0.25, 0.3) is 0 Å². The third-order valence-corrected chi connectivity index (χ3v) is 6.81. The minimum atomic E-state index is -3.71. The summed E-state index contributed by atoms with van der Waals surface area (Å²) in [6.07, 6.45) is 0.601. The maximum absolute atomic E-state index is 12.8. The van der Waals surface area contributed by atoms with Crippen molar-refractivity contribution in [3.63, 3.8) is 0 Å². The van der Waals surface area contributed by atoms with Crippen molar-refractivity contribution in [2.24, 2.45) is 11.1 Å². The van der Waals surface area contributed by atoms with E-state index in [-0.39, 0.29) is 33.6 Å². The van der Waals surface area contributed by atoms with Gasteiger partial charge in [-0.15, -0.1) is 23.7 Å². The van der Waals surface area contributed by atoms with Crippen LogP contribution in [0, 0.1) is 5.41 Å². The van der Waals surface area contributed by atoms with Crippen molar-refractivity contribution < 1.29 is 17.9 Å². The topological polar surface area (TPSA) is 89.7 Å². The van der Waals surface area contributed by atoms with E-state index in [1.165, 1.54) is 17.5 Å². The molecule has 1 unspecified atom stereocenters. The number of piperidine rings is 1. The Balaban J connectivity index is 0.00000242. The number of halogens is 1. The third kappa shape index (κ3) is 3.46. The Labute approximate surface area is 141 Å². The van der Waals surface area contributed by atoms with Crippen molar-refractivity contribution in [3.8, 4) is 0 Å². The number of thiophene rings is 1. The van der Waals surface area contributed by atoms with Gasteiger partial charge in [0.05, 0.1) is 7.11 Å². The number of nitrogens with two attached hydrogens (primary N) is 1. The monoisotopic (exact) mass is 368 g/mol. The van der Waals surface area contributed by atoms with E-state index in [0.717, 1.165) is 11.3 Å². The van der Waals surface area contributed by atoms with Gasteiger partial charge in [0, 0.05) is 19.1 Å². The summed E-state index contributed by atoms with van der Waals surface area (Å²) in [6.45, 7) is 4.61. The molecule has 2 heterocycles. The number of ether oxygens (including phenoxy) is 1. The van der Waals surface area contributed by atoms with Crippen molar-refractivity contribution in [2.45, 2.75) is 31.2 Å². The van der Waals surface area contributed by atoms with Crippen LogP contribution in [-0.4, -0.2) is 44.9 Å². The van der Waals surface area contributed by atoms with E-state index < -0.39 is 16.0 Å². The second-order valence-electron chi connectivity index (χ2n) is 5.83. The van der Waals surface area contributed by atoms with Crippen LogP contribution in [-0.2, 0) is 14.8 Å². The maximum Gasteiger partial charge on any atom is 0.349 e. The first-order chi connectivity index (χ1) is 9.70. The molecule has 126 valence electrons. The fraction of sp³-hybridized carbons (Fsp3) is 0.615. The molecule has 22 heavy (non-hydrogen) atoms. The number of methoxy groups -OCH3 is 1. The molecule has 2 N–H and O–H groups in total. The van der Waals surface area contributed by atoms with Crippen molar-refractivity contribution in [2.75, 3.05) is 20.2 Å². The zero-order valence-electron chi connectivity index (χ0n) is 12.7. The summed E-state index contributed by atoms with van der Waals surface area (Å²) in [5.41, 5.74) is 5.74. The fourth-order valence-electron chi connectivity index (χ4n) is 2.41. The van der Waals surface area contributed by atoms with E-state index in [1.807, 2.05) is 13.8 Å². The van der Waals surface area contributed by atoms with Crippen LogP contribution in [0.3, 0.4) is 0 Å². The highest BCUT2D eigenvalue weighted by molar-refractivity contribution is 7.89. The Hall–Kier alpha value is -0.670. The molecule has 0 radical (unpaired) electrons. The number of rotatable bonds is 3.